The summed E-state index contributed by atoms with van der Waals surface area (Å²) in [5, 5.41) is 13.7. The molecule has 2 aliphatic rings. The lowest BCUT2D eigenvalue weighted by atomic mass is 10.0. The predicted molar refractivity (Wildman–Crippen MR) is 129 cm³/mol. The van der Waals surface area contributed by atoms with Gasteiger partial charge in [0.25, 0.3) is 5.82 Å². The molecule has 0 bridgehead atoms. The number of rotatable bonds is 4. The number of esters is 1. The van der Waals surface area contributed by atoms with E-state index in [0.29, 0.717) is 16.5 Å². The molecule has 0 saturated carbocycles. The van der Waals surface area contributed by atoms with E-state index >= 15 is 0 Å². The van der Waals surface area contributed by atoms with E-state index in [4.69, 9.17) is 21.5 Å². The van der Waals surface area contributed by atoms with Crippen LogP contribution in [0, 0.1) is 5.82 Å². The van der Waals surface area contributed by atoms with Gasteiger partial charge in [-0.25, -0.2) is 14.2 Å². The van der Waals surface area contributed by atoms with Crippen molar-refractivity contribution < 1.29 is 23.6 Å². The molecule has 0 fully saturated rings. The number of tetrazole rings is 1. The van der Waals surface area contributed by atoms with Crippen LogP contribution in [0.25, 0.3) is 28.1 Å². The van der Waals surface area contributed by atoms with Crippen molar-refractivity contribution in [3.05, 3.63) is 81.2 Å². The number of hydrogen-bond acceptors (Lipinski definition) is 8. The number of pyridine rings is 1. The zero-order chi connectivity index (χ0) is 25.3. The molecule has 0 radical (unpaired) electrons. The van der Waals surface area contributed by atoms with Crippen molar-refractivity contribution in [2.24, 2.45) is 0 Å². The maximum absolute atomic E-state index is 15.0. The van der Waals surface area contributed by atoms with Crippen molar-refractivity contribution in [1.29, 1.82) is 0 Å². The zero-order valence-electron chi connectivity index (χ0n) is 19.1. The molecule has 1 atom stereocenters. The number of carbonyl (C=O) groups excluding carboxylic acids is 1. The molecule has 1 aliphatic carbocycles. The summed E-state index contributed by atoms with van der Waals surface area (Å²) in [7, 11) is 1.22. The number of aromatic nitrogens is 7. The number of carbonyl (C=O) groups is 1. The highest BCUT2D eigenvalue weighted by Gasteiger charge is 2.43. The first-order valence-electron chi connectivity index (χ1n) is 11.3. The van der Waals surface area contributed by atoms with Crippen LogP contribution < -0.4 is 9.67 Å². The number of benzene rings is 1. The van der Waals surface area contributed by atoms with Gasteiger partial charge in [0.05, 0.1) is 18.4 Å². The standard InChI is InChI=1S/C24H16ClFN7O3S/c1-35-24(34)22-20(26)17(10-37-22)18-9-33-23(28-18)15-4-2-12-6-13(8-32(36-33)21(12)15)16-7-14(25)3-5-19(16)31-11-27-29-30-31/h3,5-11,15H,2,4H2,1H3/q+1. The van der Waals surface area contributed by atoms with Crippen molar-refractivity contribution in [3.8, 4) is 28.1 Å². The monoisotopic (exact) mass is 536 g/mol. The van der Waals surface area contributed by atoms with E-state index in [9.17, 15) is 9.18 Å². The molecule has 4 aromatic heterocycles. The maximum atomic E-state index is 15.0. The Labute approximate surface area is 217 Å². The lowest BCUT2D eigenvalue weighted by molar-refractivity contribution is -0.913. The van der Waals surface area contributed by atoms with Gasteiger partial charge in [-0.1, -0.05) is 11.6 Å². The van der Waals surface area contributed by atoms with Gasteiger partial charge in [0.15, 0.2) is 17.7 Å². The molecule has 7 rings (SSSR count). The summed E-state index contributed by atoms with van der Waals surface area (Å²) in [5.41, 5.74) is 5.23. The van der Waals surface area contributed by atoms with E-state index in [0.717, 1.165) is 52.3 Å². The van der Waals surface area contributed by atoms with Crippen molar-refractivity contribution in [2.75, 3.05) is 7.11 Å². The van der Waals surface area contributed by atoms with Gasteiger partial charge in [0.2, 0.25) is 0 Å². The summed E-state index contributed by atoms with van der Waals surface area (Å²) in [6.45, 7) is 0. The molecular formula is C24H16ClFN7O3S+. The van der Waals surface area contributed by atoms with Crippen LogP contribution in [0.5, 0.6) is 0 Å². The van der Waals surface area contributed by atoms with Gasteiger partial charge in [-0.15, -0.1) is 21.4 Å². The van der Waals surface area contributed by atoms with E-state index in [1.165, 1.54) is 13.4 Å². The number of fused-ring (bicyclic) bond motifs is 2. The lowest BCUT2D eigenvalue weighted by Gasteiger charge is -2.17. The Morgan fingerprint density at radius 3 is 3.03 bits per heavy atom. The first-order chi connectivity index (χ1) is 18.0. The quantitative estimate of drug-likeness (QED) is 0.256. The van der Waals surface area contributed by atoms with E-state index in [1.807, 2.05) is 18.3 Å². The second-order valence-corrected chi connectivity index (χ2v) is 9.96. The van der Waals surface area contributed by atoms with Crippen LogP contribution in [0.4, 0.5) is 4.39 Å². The number of methoxy groups -OCH3 is 1. The Morgan fingerprint density at radius 2 is 2.22 bits per heavy atom. The topological polar surface area (TPSA) is 101 Å². The number of aryl methyl sites for hydroxylation is 1. The number of hydrogen-bond donors (Lipinski definition) is 0. The maximum Gasteiger partial charge on any atom is 0.351 e. The Balaban J connectivity index is 1.31. The number of thiophene rings is 1. The Morgan fingerprint density at radius 1 is 1.32 bits per heavy atom. The lowest BCUT2D eigenvalue weighted by Crippen LogP contribution is -2.53. The highest BCUT2D eigenvalue weighted by atomic mass is 35.5. The molecule has 1 aromatic carbocycles. The summed E-state index contributed by atoms with van der Waals surface area (Å²) >= 11 is 7.34. The van der Waals surface area contributed by atoms with Crippen LogP contribution in [0.15, 0.2) is 48.4 Å². The van der Waals surface area contributed by atoms with Crippen molar-refractivity contribution in [1.82, 2.24) is 29.9 Å². The molecule has 37 heavy (non-hydrogen) atoms. The summed E-state index contributed by atoms with van der Waals surface area (Å²) in [4.78, 5) is 22.7. The van der Waals surface area contributed by atoms with Gasteiger partial charge < -0.3 is 4.74 Å². The largest absolute Gasteiger partial charge is 0.465 e. The second-order valence-electron chi connectivity index (χ2n) is 8.65. The third-order valence-electron chi connectivity index (χ3n) is 6.62. The Kier molecular flexibility index (Phi) is 4.88. The van der Waals surface area contributed by atoms with E-state index in [-0.39, 0.29) is 16.4 Å². The summed E-state index contributed by atoms with van der Waals surface area (Å²) < 4.78 is 24.5. The van der Waals surface area contributed by atoms with Gasteiger partial charge in [-0.2, -0.15) is 4.68 Å². The molecule has 13 heteroatoms. The predicted octanol–water partition coefficient (Wildman–Crippen LogP) is 3.40. The molecular weight excluding hydrogens is 521 g/mol. The Hall–Kier alpha value is -4.16. The minimum atomic E-state index is -0.716. The fraction of sp³-hybridized carbons (Fsp3) is 0.167. The molecule has 0 amide bonds. The van der Waals surface area contributed by atoms with E-state index < -0.39 is 11.8 Å². The van der Waals surface area contributed by atoms with Gasteiger partial charge >= 0.3 is 5.97 Å². The fourth-order valence-corrected chi connectivity index (χ4v) is 6.00. The third-order valence-corrected chi connectivity index (χ3v) is 7.79. The van der Waals surface area contributed by atoms with Crippen LogP contribution in [-0.4, -0.2) is 43.0 Å². The third kappa shape index (κ3) is 3.36. The molecule has 10 nitrogen and oxygen atoms in total. The summed E-state index contributed by atoms with van der Waals surface area (Å²) in [6.07, 6.45) is 6.69. The normalized spacial score (nSPS) is 15.3. The van der Waals surface area contributed by atoms with Crippen LogP contribution >= 0.6 is 22.9 Å². The van der Waals surface area contributed by atoms with Crippen LogP contribution in [-0.2, 0) is 11.2 Å². The molecule has 0 saturated heterocycles. The summed E-state index contributed by atoms with van der Waals surface area (Å²) in [6, 6.07) is 7.63. The van der Waals surface area contributed by atoms with Crippen LogP contribution in [0.2, 0.25) is 5.02 Å². The van der Waals surface area contributed by atoms with Crippen LogP contribution in [0.1, 0.15) is 39.1 Å². The zero-order valence-corrected chi connectivity index (χ0v) is 20.7. The van der Waals surface area contributed by atoms with Gasteiger partial charge in [-0.05, 0) is 57.0 Å². The highest BCUT2D eigenvalue weighted by Crippen LogP contribution is 2.41. The van der Waals surface area contributed by atoms with Gasteiger partial charge in [-0.3, -0.25) is 0 Å². The fourth-order valence-electron chi connectivity index (χ4n) is 4.97. The molecule has 0 spiro atoms. The van der Waals surface area contributed by atoms with Crippen LogP contribution in [0.3, 0.4) is 0 Å². The second kappa shape index (κ2) is 8.18. The van der Waals surface area contributed by atoms with Crippen molar-refractivity contribution >= 4 is 28.9 Å². The summed E-state index contributed by atoms with van der Waals surface area (Å²) in [5.74, 6) is -0.703. The van der Waals surface area contributed by atoms with E-state index in [2.05, 4.69) is 26.3 Å². The minimum Gasteiger partial charge on any atom is -0.465 e. The minimum absolute atomic E-state index is 0.0216. The van der Waals surface area contributed by atoms with E-state index in [1.54, 1.807) is 31.8 Å². The smallest absolute Gasteiger partial charge is 0.351 e. The SMILES string of the molecule is COC(=O)c1scc(-c2cn3c(n2)C2CCc4cc(-c5cc(Cl)ccc5-n5cnnn5)c[n+](c42)O3)c1F. The average Bonchev–Trinajstić information content (AvgIpc) is 3.70. The molecule has 184 valence electrons. The molecule has 1 unspecified atom stereocenters. The van der Waals surface area contributed by atoms with Gasteiger partial charge in [0.1, 0.15) is 29.0 Å². The molecule has 1 aliphatic heterocycles. The van der Waals surface area contributed by atoms with Crippen molar-refractivity contribution in [3.63, 3.8) is 0 Å². The number of nitrogens with zero attached hydrogens (tertiary/aromatic N) is 7. The molecule has 5 heterocycles. The first-order valence-corrected chi connectivity index (χ1v) is 12.5. The van der Waals surface area contributed by atoms with Crippen molar-refractivity contribution in [2.45, 2.75) is 18.8 Å². The number of ether oxygens (including phenoxy) is 1. The number of halogens is 2. The number of imidazole rings is 1. The highest BCUT2D eigenvalue weighted by molar-refractivity contribution is 7.12. The average molecular weight is 537 g/mol. The Bertz CT molecular complexity index is 1720. The van der Waals surface area contributed by atoms with Gasteiger partial charge in [0, 0.05) is 27.1 Å². The first kappa shape index (κ1) is 22.1. The molecule has 0 N–H and O–H groups in total. The molecule has 5 aromatic rings.